The van der Waals surface area contributed by atoms with Gasteiger partial charge in [0.1, 0.15) is 0 Å². The molecular weight excluding hydrogens is 236 g/mol. The number of amides is 1. The minimum Gasteiger partial charge on any atom is -0.476 e. The van der Waals surface area contributed by atoms with Crippen LogP contribution in [0.5, 0.6) is 0 Å². The van der Waals surface area contributed by atoms with E-state index in [9.17, 15) is 9.59 Å². The Bertz CT molecular complexity index is 475. The lowest BCUT2D eigenvalue weighted by atomic mass is 10.0. The van der Waals surface area contributed by atoms with Crippen LogP contribution in [0.25, 0.3) is 0 Å². The van der Waals surface area contributed by atoms with Gasteiger partial charge in [-0.2, -0.15) is 0 Å². The fourth-order valence-corrected chi connectivity index (χ4v) is 1.98. The van der Waals surface area contributed by atoms with E-state index in [0.29, 0.717) is 13.0 Å². The molecule has 1 saturated heterocycles. The van der Waals surface area contributed by atoms with Crippen LogP contribution in [0.3, 0.4) is 0 Å². The third kappa shape index (κ3) is 2.48. The zero-order valence-electron chi connectivity index (χ0n) is 9.92. The first kappa shape index (κ1) is 12.5. The van der Waals surface area contributed by atoms with Crippen molar-refractivity contribution in [3.05, 3.63) is 24.0 Å². The van der Waals surface area contributed by atoms with Gasteiger partial charge in [0.05, 0.1) is 17.7 Å². The number of aromatic nitrogens is 1. The average Bonchev–Trinajstić information content (AvgIpc) is 2.76. The molecule has 2 heterocycles. The van der Waals surface area contributed by atoms with Crippen LogP contribution < -0.4 is 5.32 Å². The largest absolute Gasteiger partial charge is 0.476 e. The number of pyridine rings is 1. The second kappa shape index (κ2) is 5.14. The number of anilines is 1. The van der Waals surface area contributed by atoms with Crippen molar-refractivity contribution in [3.63, 3.8) is 0 Å². The topological polar surface area (TPSA) is 88.5 Å². The van der Waals surface area contributed by atoms with E-state index < -0.39 is 5.97 Å². The van der Waals surface area contributed by atoms with Crippen molar-refractivity contribution in [2.45, 2.75) is 19.4 Å². The lowest BCUT2D eigenvalue weighted by molar-refractivity contribution is -0.121. The van der Waals surface area contributed by atoms with Gasteiger partial charge in [-0.05, 0) is 25.5 Å². The summed E-state index contributed by atoms with van der Waals surface area (Å²) in [6.45, 7) is 2.39. The monoisotopic (exact) mass is 250 g/mol. The molecule has 2 atom stereocenters. The number of nitrogens with zero attached hydrogens (tertiary/aromatic N) is 1. The van der Waals surface area contributed by atoms with Gasteiger partial charge in [0.2, 0.25) is 5.91 Å². The highest BCUT2D eigenvalue weighted by Crippen LogP contribution is 2.23. The molecule has 6 nitrogen and oxygen atoms in total. The van der Waals surface area contributed by atoms with E-state index in [1.165, 1.54) is 12.3 Å². The van der Waals surface area contributed by atoms with Crippen molar-refractivity contribution >= 4 is 17.6 Å². The molecule has 1 aromatic rings. The van der Waals surface area contributed by atoms with Crippen LogP contribution in [0.1, 0.15) is 23.8 Å². The van der Waals surface area contributed by atoms with Crippen LogP contribution in [0.2, 0.25) is 0 Å². The zero-order valence-corrected chi connectivity index (χ0v) is 9.92. The van der Waals surface area contributed by atoms with Gasteiger partial charge in [-0.25, -0.2) is 9.78 Å². The van der Waals surface area contributed by atoms with Crippen LogP contribution in [-0.2, 0) is 9.53 Å². The summed E-state index contributed by atoms with van der Waals surface area (Å²) in [4.78, 5) is 26.7. The first-order valence-corrected chi connectivity index (χ1v) is 5.70. The summed E-state index contributed by atoms with van der Waals surface area (Å²) in [7, 11) is 0. The summed E-state index contributed by atoms with van der Waals surface area (Å²) in [6.07, 6.45) is 1.88. The molecule has 0 spiro atoms. The van der Waals surface area contributed by atoms with Crippen molar-refractivity contribution in [3.8, 4) is 0 Å². The van der Waals surface area contributed by atoms with Crippen LogP contribution in [-0.4, -0.2) is 34.7 Å². The van der Waals surface area contributed by atoms with Crippen LogP contribution >= 0.6 is 0 Å². The van der Waals surface area contributed by atoms with Gasteiger partial charge >= 0.3 is 5.97 Å². The highest BCUT2D eigenvalue weighted by molar-refractivity contribution is 6.00. The van der Waals surface area contributed by atoms with Gasteiger partial charge in [-0.15, -0.1) is 0 Å². The number of hydrogen-bond acceptors (Lipinski definition) is 4. The minimum atomic E-state index is -1.17. The van der Waals surface area contributed by atoms with Crippen molar-refractivity contribution in [1.82, 2.24) is 4.98 Å². The second-order valence-corrected chi connectivity index (χ2v) is 4.17. The molecule has 0 bridgehead atoms. The number of aromatic carboxylic acids is 1. The highest BCUT2D eigenvalue weighted by atomic mass is 16.5. The SMILES string of the molecule is CC1OCCC1C(=O)Nc1cccnc1C(=O)O. The number of carboxylic acids is 1. The van der Waals surface area contributed by atoms with Gasteiger partial charge in [-0.3, -0.25) is 4.79 Å². The Balaban J connectivity index is 2.14. The summed E-state index contributed by atoms with van der Waals surface area (Å²) in [5.41, 5.74) is 0.0616. The smallest absolute Gasteiger partial charge is 0.356 e. The molecule has 1 fully saturated rings. The number of carbonyl (C=O) groups is 2. The Morgan fingerprint density at radius 2 is 2.33 bits per heavy atom. The number of nitrogens with one attached hydrogen (secondary N) is 1. The number of rotatable bonds is 3. The molecule has 18 heavy (non-hydrogen) atoms. The van der Waals surface area contributed by atoms with E-state index in [0.717, 1.165) is 0 Å². The van der Waals surface area contributed by atoms with Crippen LogP contribution in [0.15, 0.2) is 18.3 Å². The summed E-state index contributed by atoms with van der Waals surface area (Å²) >= 11 is 0. The van der Waals surface area contributed by atoms with E-state index >= 15 is 0 Å². The maximum atomic E-state index is 12.0. The van der Waals surface area contributed by atoms with E-state index in [1.807, 2.05) is 6.92 Å². The average molecular weight is 250 g/mol. The molecule has 0 saturated carbocycles. The fraction of sp³-hybridized carbons (Fsp3) is 0.417. The summed E-state index contributed by atoms with van der Waals surface area (Å²) < 4.78 is 5.31. The number of ether oxygens (including phenoxy) is 1. The Morgan fingerprint density at radius 1 is 1.56 bits per heavy atom. The molecular formula is C12H14N2O4. The van der Waals surface area contributed by atoms with Gasteiger partial charge in [0, 0.05) is 12.8 Å². The normalized spacial score (nSPS) is 22.7. The molecule has 0 aliphatic carbocycles. The molecule has 2 N–H and O–H groups in total. The Morgan fingerprint density at radius 3 is 2.94 bits per heavy atom. The van der Waals surface area contributed by atoms with Gasteiger partial charge in [0.15, 0.2) is 5.69 Å². The van der Waals surface area contributed by atoms with Gasteiger partial charge < -0.3 is 15.2 Å². The fourth-order valence-electron chi connectivity index (χ4n) is 1.98. The van der Waals surface area contributed by atoms with Crippen molar-refractivity contribution in [2.24, 2.45) is 5.92 Å². The molecule has 6 heteroatoms. The molecule has 0 aromatic carbocycles. The lowest BCUT2D eigenvalue weighted by Gasteiger charge is -2.14. The molecule has 1 amide bonds. The maximum absolute atomic E-state index is 12.0. The van der Waals surface area contributed by atoms with Crippen LogP contribution in [0, 0.1) is 5.92 Å². The number of carbonyl (C=O) groups excluding carboxylic acids is 1. The quantitative estimate of drug-likeness (QED) is 0.839. The van der Waals surface area contributed by atoms with Crippen molar-refractivity contribution in [1.29, 1.82) is 0 Å². The summed E-state index contributed by atoms with van der Waals surface area (Å²) in [5, 5.41) is 11.6. The molecule has 1 aliphatic heterocycles. The maximum Gasteiger partial charge on any atom is 0.356 e. The minimum absolute atomic E-state index is 0.144. The molecule has 2 unspecified atom stereocenters. The first-order valence-electron chi connectivity index (χ1n) is 5.70. The summed E-state index contributed by atoms with van der Waals surface area (Å²) in [6, 6.07) is 3.10. The number of hydrogen-bond donors (Lipinski definition) is 2. The third-order valence-corrected chi connectivity index (χ3v) is 2.98. The lowest BCUT2D eigenvalue weighted by Crippen LogP contribution is -2.28. The third-order valence-electron chi connectivity index (χ3n) is 2.98. The van der Waals surface area contributed by atoms with Crippen molar-refractivity contribution < 1.29 is 19.4 Å². The molecule has 96 valence electrons. The van der Waals surface area contributed by atoms with E-state index in [2.05, 4.69) is 10.3 Å². The van der Waals surface area contributed by atoms with Crippen molar-refractivity contribution in [2.75, 3.05) is 11.9 Å². The molecule has 1 aliphatic rings. The Kier molecular flexibility index (Phi) is 3.57. The van der Waals surface area contributed by atoms with E-state index in [4.69, 9.17) is 9.84 Å². The van der Waals surface area contributed by atoms with Crippen LogP contribution in [0.4, 0.5) is 5.69 Å². The molecule has 0 radical (unpaired) electrons. The first-order chi connectivity index (χ1) is 8.59. The number of carboxylic acid groups (broad SMARTS) is 1. The molecule has 2 rings (SSSR count). The Hall–Kier alpha value is -1.95. The molecule has 1 aromatic heterocycles. The predicted octanol–water partition coefficient (Wildman–Crippen LogP) is 1.14. The zero-order chi connectivity index (χ0) is 13.1. The van der Waals surface area contributed by atoms with Gasteiger partial charge in [0.25, 0.3) is 0 Å². The van der Waals surface area contributed by atoms with E-state index in [1.54, 1.807) is 6.07 Å². The predicted molar refractivity (Wildman–Crippen MR) is 63.3 cm³/mol. The van der Waals surface area contributed by atoms with Gasteiger partial charge in [-0.1, -0.05) is 0 Å². The standard InChI is InChI=1S/C12H14N2O4/c1-7-8(4-6-18-7)11(15)14-9-3-2-5-13-10(9)12(16)17/h2-3,5,7-8H,4,6H2,1H3,(H,14,15)(H,16,17). The second-order valence-electron chi connectivity index (χ2n) is 4.17. The highest BCUT2D eigenvalue weighted by Gasteiger charge is 2.31. The van der Waals surface area contributed by atoms with E-state index in [-0.39, 0.29) is 29.3 Å². The summed E-state index contributed by atoms with van der Waals surface area (Å²) in [5.74, 6) is -1.64. The Labute approximate surface area is 104 Å².